The third-order valence-corrected chi connectivity index (χ3v) is 5.54. The highest BCUT2D eigenvalue weighted by molar-refractivity contribution is 7.14. The van der Waals surface area contributed by atoms with Crippen molar-refractivity contribution in [3.63, 3.8) is 0 Å². The van der Waals surface area contributed by atoms with Gasteiger partial charge in [0.2, 0.25) is 0 Å². The SMILES string of the molecule is CC(C)Oc1ccc(/C(O)=C2/C(=O)C(=O)N(c3nccs3)C2c2ccccc2F)cc1. The number of halogens is 1. The number of aromatic nitrogens is 1. The molecule has 2 aromatic carbocycles. The van der Waals surface area contributed by atoms with E-state index >= 15 is 0 Å². The van der Waals surface area contributed by atoms with Crippen LogP contribution in [0, 0.1) is 5.82 Å². The second-order valence-corrected chi connectivity index (χ2v) is 8.07. The van der Waals surface area contributed by atoms with Crippen LogP contribution in [0.25, 0.3) is 5.76 Å². The number of carbonyl (C=O) groups excluding carboxylic acids is 2. The molecule has 6 nitrogen and oxygen atoms in total. The van der Waals surface area contributed by atoms with Gasteiger partial charge in [-0.2, -0.15) is 0 Å². The number of thiazole rings is 1. The summed E-state index contributed by atoms with van der Waals surface area (Å²) in [5.41, 5.74) is 0.218. The number of aliphatic hydroxyl groups excluding tert-OH is 1. The van der Waals surface area contributed by atoms with Crippen LogP contribution in [-0.2, 0) is 9.59 Å². The van der Waals surface area contributed by atoms with Crippen molar-refractivity contribution in [1.29, 1.82) is 0 Å². The summed E-state index contributed by atoms with van der Waals surface area (Å²) in [6.07, 6.45) is 1.47. The summed E-state index contributed by atoms with van der Waals surface area (Å²) < 4.78 is 20.3. The maximum Gasteiger partial charge on any atom is 0.301 e. The zero-order valence-corrected chi connectivity index (χ0v) is 17.6. The third-order valence-electron chi connectivity index (χ3n) is 4.77. The summed E-state index contributed by atoms with van der Waals surface area (Å²) in [7, 11) is 0. The first-order valence-electron chi connectivity index (χ1n) is 9.60. The topological polar surface area (TPSA) is 79.7 Å². The molecule has 0 spiro atoms. The van der Waals surface area contributed by atoms with Crippen molar-refractivity contribution in [1.82, 2.24) is 4.98 Å². The quantitative estimate of drug-likeness (QED) is 0.355. The van der Waals surface area contributed by atoms with Gasteiger partial charge < -0.3 is 9.84 Å². The van der Waals surface area contributed by atoms with Gasteiger partial charge in [0.1, 0.15) is 23.4 Å². The Morgan fingerprint density at radius 3 is 2.48 bits per heavy atom. The summed E-state index contributed by atoms with van der Waals surface area (Å²) in [4.78, 5) is 31.1. The van der Waals surface area contributed by atoms with Gasteiger partial charge in [-0.15, -0.1) is 11.3 Å². The predicted molar refractivity (Wildman–Crippen MR) is 116 cm³/mol. The number of aliphatic hydroxyl groups is 1. The maximum absolute atomic E-state index is 14.7. The lowest BCUT2D eigenvalue weighted by Gasteiger charge is -2.23. The lowest BCUT2D eigenvalue weighted by atomic mass is 9.95. The second kappa shape index (κ2) is 8.31. The zero-order valence-electron chi connectivity index (χ0n) is 16.8. The fourth-order valence-corrected chi connectivity index (χ4v) is 4.14. The third kappa shape index (κ3) is 3.82. The van der Waals surface area contributed by atoms with Crippen molar-refractivity contribution in [2.24, 2.45) is 0 Å². The van der Waals surface area contributed by atoms with Gasteiger partial charge in [-0.25, -0.2) is 9.37 Å². The molecule has 3 aromatic rings. The molecule has 8 heteroatoms. The van der Waals surface area contributed by atoms with E-state index in [1.165, 1.54) is 24.4 Å². The molecule has 1 aromatic heterocycles. The number of ketones is 1. The highest BCUT2D eigenvalue weighted by Gasteiger charge is 2.48. The molecule has 0 bridgehead atoms. The van der Waals surface area contributed by atoms with Gasteiger partial charge in [0.05, 0.1) is 11.7 Å². The van der Waals surface area contributed by atoms with Crippen molar-refractivity contribution in [3.8, 4) is 5.75 Å². The number of rotatable bonds is 5. The van der Waals surface area contributed by atoms with Gasteiger partial charge in [-0.3, -0.25) is 14.5 Å². The Morgan fingerprint density at radius 2 is 1.87 bits per heavy atom. The van der Waals surface area contributed by atoms with Crippen LogP contribution in [0.2, 0.25) is 0 Å². The van der Waals surface area contributed by atoms with Crippen LogP contribution < -0.4 is 9.64 Å². The van der Waals surface area contributed by atoms with Crippen molar-refractivity contribution >= 4 is 33.9 Å². The van der Waals surface area contributed by atoms with Crippen molar-refractivity contribution in [2.75, 3.05) is 4.90 Å². The number of benzene rings is 2. The Kier molecular flexibility index (Phi) is 5.56. The molecule has 1 saturated heterocycles. The van der Waals surface area contributed by atoms with Gasteiger partial charge in [0.15, 0.2) is 5.13 Å². The van der Waals surface area contributed by atoms with E-state index in [0.29, 0.717) is 11.3 Å². The molecule has 1 atom stereocenters. The van der Waals surface area contributed by atoms with Crippen LogP contribution in [-0.4, -0.2) is 27.9 Å². The summed E-state index contributed by atoms with van der Waals surface area (Å²) in [6.45, 7) is 3.78. The first kappa shape index (κ1) is 20.7. The molecule has 4 rings (SSSR count). The Morgan fingerprint density at radius 1 is 1.16 bits per heavy atom. The molecular formula is C23H19FN2O4S. The molecule has 1 N–H and O–H groups in total. The molecule has 1 aliphatic heterocycles. The van der Waals surface area contributed by atoms with Crippen LogP contribution in [0.15, 0.2) is 65.7 Å². The molecule has 31 heavy (non-hydrogen) atoms. The predicted octanol–water partition coefficient (Wildman–Crippen LogP) is 4.70. The van der Waals surface area contributed by atoms with Crippen LogP contribution in [0.4, 0.5) is 9.52 Å². The van der Waals surface area contributed by atoms with E-state index in [0.717, 1.165) is 16.2 Å². The molecule has 1 fully saturated rings. The lowest BCUT2D eigenvalue weighted by molar-refractivity contribution is -0.132. The van der Waals surface area contributed by atoms with E-state index in [-0.39, 0.29) is 28.1 Å². The highest BCUT2D eigenvalue weighted by Crippen LogP contribution is 2.43. The molecule has 1 aliphatic rings. The fourth-order valence-electron chi connectivity index (χ4n) is 3.47. The monoisotopic (exact) mass is 438 g/mol. The Hall–Kier alpha value is -3.52. The molecule has 0 aliphatic carbocycles. The number of anilines is 1. The van der Waals surface area contributed by atoms with Crippen LogP contribution >= 0.6 is 11.3 Å². The van der Waals surface area contributed by atoms with E-state index in [2.05, 4.69) is 4.98 Å². The summed E-state index contributed by atoms with van der Waals surface area (Å²) >= 11 is 1.15. The molecule has 158 valence electrons. The van der Waals surface area contributed by atoms with Crippen LogP contribution in [0.1, 0.15) is 31.0 Å². The Labute approximate surface area is 182 Å². The van der Waals surface area contributed by atoms with E-state index in [9.17, 15) is 19.1 Å². The maximum atomic E-state index is 14.7. The number of nitrogens with zero attached hydrogens (tertiary/aromatic N) is 2. The first-order chi connectivity index (χ1) is 14.9. The minimum atomic E-state index is -1.14. The molecule has 0 saturated carbocycles. The summed E-state index contributed by atoms with van der Waals surface area (Å²) in [6, 6.07) is 11.2. The number of Topliss-reactive ketones (excluding diaryl/α,β-unsaturated/α-hetero) is 1. The van der Waals surface area contributed by atoms with Crippen molar-refractivity contribution < 1.29 is 23.8 Å². The minimum Gasteiger partial charge on any atom is -0.507 e. The normalized spacial score (nSPS) is 18.1. The number of ether oxygens (including phenoxy) is 1. The molecule has 1 unspecified atom stereocenters. The average molecular weight is 438 g/mol. The van der Waals surface area contributed by atoms with E-state index in [1.54, 1.807) is 35.7 Å². The van der Waals surface area contributed by atoms with E-state index in [1.807, 2.05) is 13.8 Å². The largest absolute Gasteiger partial charge is 0.507 e. The zero-order chi connectivity index (χ0) is 22.1. The van der Waals surface area contributed by atoms with Crippen LogP contribution in [0.5, 0.6) is 5.75 Å². The Balaban J connectivity index is 1.87. The molecule has 1 amide bonds. The molecule has 2 heterocycles. The van der Waals surface area contributed by atoms with Gasteiger partial charge in [-0.1, -0.05) is 18.2 Å². The van der Waals surface area contributed by atoms with Gasteiger partial charge in [0, 0.05) is 22.7 Å². The average Bonchev–Trinajstić information content (AvgIpc) is 3.35. The standard InChI is InChI=1S/C23H19FN2O4S/c1-13(2)30-15-9-7-14(8-10-15)20(27)18-19(16-5-3-4-6-17(16)24)26(22(29)21(18)28)23-25-11-12-31-23/h3-13,19,27H,1-2H3/b20-18-. The number of hydrogen-bond donors (Lipinski definition) is 1. The van der Waals surface area contributed by atoms with E-state index in [4.69, 9.17) is 4.74 Å². The van der Waals surface area contributed by atoms with Crippen molar-refractivity contribution in [2.45, 2.75) is 26.0 Å². The van der Waals surface area contributed by atoms with E-state index < -0.39 is 23.5 Å². The van der Waals surface area contributed by atoms with Gasteiger partial charge in [-0.05, 0) is 44.2 Å². The number of hydrogen-bond acceptors (Lipinski definition) is 6. The van der Waals surface area contributed by atoms with Gasteiger partial charge >= 0.3 is 5.91 Å². The van der Waals surface area contributed by atoms with Gasteiger partial charge in [0.25, 0.3) is 5.78 Å². The number of amides is 1. The molecular weight excluding hydrogens is 419 g/mol. The van der Waals surface area contributed by atoms with Crippen molar-refractivity contribution in [3.05, 3.63) is 82.6 Å². The fraction of sp³-hybridized carbons (Fsp3) is 0.174. The molecule has 0 radical (unpaired) electrons. The number of carbonyl (C=O) groups is 2. The minimum absolute atomic E-state index is 0.0240. The smallest absolute Gasteiger partial charge is 0.301 e. The lowest BCUT2D eigenvalue weighted by Crippen LogP contribution is -2.29. The highest BCUT2D eigenvalue weighted by atomic mass is 32.1. The summed E-state index contributed by atoms with van der Waals surface area (Å²) in [5, 5.41) is 12.9. The van der Waals surface area contributed by atoms with Crippen LogP contribution in [0.3, 0.4) is 0 Å². The first-order valence-corrected chi connectivity index (χ1v) is 10.5. The second-order valence-electron chi connectivity index (χ2n) is 7.20. The Bertz CT molecular complexity index is 1160. The summed E-state index contributed by atoms with van der Waals surface area (Å²) in [5.74, 6) is -2.15.